The average molecular weight is 414 g/mol. The predicted molar refractivity (Wildman–Crippen MR) is 104 cm³/mol. The molecule has 2 aromatic carbocycles. The van der Waals surface area contributed by atoms with Crippen LogP contribution in [0, 0.1) is 18.3 Å². The molecule has 1 aromatic heterocycles. The first kappa shape index (κ1) is 17.5. The van der Waals surface area contributed by atoms with Gasteiger partial charge in [-0.15, -0.1) is 0 Å². The molecule has 25 heavy (non-hydrogen) atoms. The summed E-state index contributed by atoms with van der Waals surface area (Å²) in [6.07, 6.45) is 1.76. The molecule has 3 rings (SSSR count). The summed E-state index contributed by atoms with van der Waals surface area (Å²) < 4.78 is 2.44. The lowest BCUT2D eigenvalue weighted by molar-refractivity contribution is 0.794. The van der Waals surface area contributed by atoms with Gasteiger partial charge in [0.25, 0.3) is 0 Å². The zero-order chi connectivity index (χ0) is 18.0. The van der Waals surface area contributed by atoms with Gasteiger partial charge in [-0.1, -0.05) is 41.9 Å². The van der Waals surface area contributed by atoms with Crippen LogP contribution in [0.3, 0.4) is 0 Å². The highest BCUT2D eigenvalue weighted by Crippen LogP contribution is 2.30. The standard InChI is InChI=1S/C20H14BrClN2O/c1-13-4-2-7-16(20(13)22)18-9-19(25)17(21)12-24(18)11-15-6-3-5-14(8-15)10-23/h2-9,12H,11H2,1H3. The van der Waals surface area contributed by atoms with Crippen LogP contribution >= 0.6 is 27.5 Å². The Kier molecular flexibility index (Phi) is 5.08. The molecular weight excluding hydrogens is 400 g/mol. The number of hydrogen-bond donors (Lipinski definition) is 0. The van der Waals surface area contributed by atoms with Gasteiger partial charge in [0, 0.05) is 24.4 Å². The molecule has 0 fully saturated rings. The van der Waals surface area contributed by atoms with E-state index in [-0.39, 0.29) is 5.43 Å². The fourth-order valence-electron chi connectivity index (χ4n) is 2.69. The van der Waals surface area contributed by atoms with Crippen LogP contribution < -0.4 is 5.43 Å². The van der Waals surface area contributed by atoms with Gasteiger partial charge in [0.2, 0.25) is 0 Å². The molecule has 0 saturated carbocycles. The number of nitriles is 1. The Morgan fingerprint density at radius 2 is 1.96 bits per heavy atom. The van der Waals surface area contributed by atoms with Crippen molar-refractivity contribution in [3.05, 3.63) is 91.1 Å². The summed E-state index contributed by atoms with van der Waals surface area (Å²) in [5.41, 5.74) is 3.97. The summed E-state index contributed by atoms with van der Waals surface area (Å²) in [4.78, 5) is 12.2. The quantitative estimate of drug-likeness (QED) is 0.595. The second-order valence-corrected chi connectivity index (χ2v) is 6.98. The third kappa shape index (κ3) is 3.68. The van der Waals surface area contributed by atoms with E-state index in [2.05, 4.69) is 22.0 Å². The van der Waals surface area contributed by atoms with Crippen LogP contribution in [0.2, 0.25) is 5.02 Å². The fourth-order valence-corrected chi connectivity index (χ4v) is 3.27. The first-order valence-corrected chi connectivity index (χ1v) is 8.81. The number of benzene rings is 2. The van der Waals surface area contributed by atoms with Crippen molar-refractivity contribution in [3.8, 4) is 17.3 Å². The van der Waals surface area contributed by atoms with Crippen molar-refractivity contribution in [1.82, 2.24) is 4.57 Å². The number of halogens is 2. The summed E-state index contributed by atoms with van der Waals surface area (Å²) in [5, 5.41) is 9.71. The van der Waals surface area contributed by atoms with Crippen LogP contribution in [0.5, 0.6) is 0 Å². The maximum atomic E-state index is 12.2. The van der Waals surface area contributed by atoms with Crippen molar-refractivity contribution >= 4 is 27.5 Å². The number of aromatic nitrogens is 1. The third-order valence-corrected chi connectivity index (χ3v) is 5.06. The number of hydrogen-bond acceptors (Lipinski definition) is 2. The highest BCUT2D eigenvalue weighted by molar-refractivity contribution is 9.10. The van der Waals surface area contributed by atoms with Gasteiger partial charge in [0.1, 0.15) is 0 Å². The lowest BCUT2D eigenvalue weighted by Gasteiger charge is -2.16. The average Bonchev–Trinajstić information content (AvgIpc) is 2.61. The number of aryl methyl sites for hydroxylation is 1. The van der Waals surface area contributed by atoms with Crippen LogP contribution in [0.25, 0.3) is 11.3 Å². The largest absolute Gasteiger partial charge is 0.342 e. The molecule has 0 N–H and O–H groups in total. The third-order valence-electron chi connectivity index (χ3n) is 3.96. The Balaban J connectivity index is 2.16. The highest BCUT2D eigenvalue weighted by Gasteiger charge is 2.12. The van der Waals surface area contributed by atoms with E-state index >= 15 is 0 Å². The lowest BCUT2D eigenvalue weighted by atomic mass is 10.1. The van der Waals surface area contributed by atoms with E-state index in [4.69, 9.17) is 16.9 Å². The molecule has 1 heterocycles. The molecule has 0 radical (unpaired) electrons. The Labute approximate surface area is 159 Å². The molecule has 3 aromatic rings. The first-order valence-electron chi connectivity index (χ1n) is 7.64. The number of rotatable bonds is 3. The van der Waals surface area contributed by atoms with Gasteiger partial charge in [0.15, 0.2) is 5.43 Å². The van der Waals surface area contributed by atoms with Gasteiger partial charge in [-0.05, 0) is 46.1 Å². The smallest absolute Gasteiger partial charge is 0.196 e. The topological polar surface area (TPSA) is 45.8 Å². The van der Waals surface area contributed by atoms with E-state index in [1.807, 2.05) is 47.9 Å². The van der Waals surface area contributed by atoms with Crippen molar-refractivity contribution in [2.75, 3.05) is 0 Å². The summed E-state index contributed by atoms with van der Waals surface area (Å²) >= 11 is 9.78. The number of nitrogens with zero attached hydrogens (tertiary/aromatic N) is 2. The van der Waals surface area contributed by atoms with E-state index in [1.165, 1.54) is 0 Å². The van der Waals surface area contributed by atoms with E-state index in [1.54, 1.807) is 18.3 Å². The van der Waals surface area contributed by atoms with Gasteiger partial charge in [-0.3, -0.25) is 4.79 Å². The van der Waals surface area contributed by atoms with Crippen molar-refractivity contribution < 1.29 is 0 Å². The monoisotopic (exact) mass is 412 g/mol. The van der Waals surface area contributed by atoms with Crippen molar-refractivity contribution in [2.45, 2.75) is 13.5 Å². The van der Waals surface area contributed by atoms with Crippen molar-refractivity contribution in [2.24, 2.45) is 0 Å². The summed E-state index contributed by atoms with van der Waals surface area (Å²) in [5.74, 6) is 0. The lowest BCUT2D eigenvalue weighted by Crippen LogP contribution is -2.12. The predicted octanol–water partition coefficient (Wildman–Crippen LogP) is 5.16. The van der Waals surface area contributed by atoms with E-state index < -0.39 is 0 Å². The van der Waals surface area contributed by atoms with Crippen LogP contribution in [0.15, 0.2) is 64.0 Å². The molecule has 0 aliphatic rings. The molecule has 0 spiro atoms. The van der Waals surface area contributed by atoms with Crippen LogP contribution in [0.4, 0.5) is 0 Å². The van der Waals surface area contributed by atoms with Gasteiger partial charge in [0.05, 0.1) is 26.8 Å². The Hall–Kier alpha value is -2.35. The first-order chi connectivity index (χ1) is 12.0. The molecule has 124 valence electrons. The summed E-state index contributed by atoms with van der Waals surface area (Å²) in [7, 11) is 0. The molecular formula is C20H14BrClN2O. The highest BCUT2D eigenvalue weighted by atomic mass is 79.9. The van der Waals surface area contributed by atoms with Gasteiger partial charge < -0.3 is 4.57 Å². The second kappa shape index (κ2) is 7.26. The second-order valence-electron chi connectivity index (χ2n) is 5.75. The minimum absolute atomic E-state index is 0.102. The molecule has 0 unspecified atom stereocenters. The summed E-state index contributed by atoms with van der Waals surface area (Å²) in [6.45, 7) is 2.46. The SMILES string of the molecule is Cc1cccc(-c2cc(=O)c(Br)cn2Cc2cccc(C#N)c2)c1Cl. The van der Waals surface area contributed by atoms with Crippen molar-refractivity contribution in [3.63, 3.8) is 0 Å². The van der Waals surface area contributed by atoms with E-state index in [0.29, 0.717) is 21.6 Å². The molecule has 0 amide bonds. The van der Waals surface area contributed by atoms with Crippen molar-refractivity contribution in [1.29, 1.82) is 5.26 Å². The Morgan fingerprint density at radius 1 is 1.20 bits per heavy atom. The van der Waals surface area contributed by atoms with Gasteiger partial charge in [-0.25, -0.2) is 0 Å². The van der Waals surface area contributed by atoms with E-state index in [0.717, 1.165) is 22.4 Å². The molecule has 0 aliphatic carbocycles. The molecule has 5 heteroatoms. The molecule has 3 nitrogen and oxygen atoms in total. The molecule has 0 bridgehead atoms. The Bertz CT molecular complexity index is 1050. The van der Waals surface area contributed by atoms with Crippen LogP contribution in [-0.2, 0) is 6.54 Å². The summed E-state index contributed by atoms with van der Waals surface area (Å²) in [6, 6.07) is 16.9. The van der Waals surface area contributed by atoms with Gasteiger partial charge in [-0.2, -0.15) is 5.26 Å². The normalized spacial score (nSPS) is 10.5. The minimum Gasteiger partial charge on any atom is -0.342 e. The maximum Gasteiger partial charge on any atom is 0.196 e. The fraction of sp³-hybridized carbons (Fsp3) is 0.100. The van der Waals surface area contributed by atoms with Crippen LogP contribution in [0.1, 0.15) is 16.7 Å². The molecule has 0 aliphatic heterocycles. The zero-order valence-electron chi connectivity index (χ0n) is 13.5. The molecule has 0 atom stereocenters. The maximum absolute atomic E-state index is 12.2. The van der Waals surface area contributed by atoms with E-state index in [9.17, 15) is 4.79 Å². The zero-order valence-corrected chi connectivity index (χ0v) is 15.8. The van der Waals surface area contributed by atoms with Gasteiger partial charge >= 0.3 is 0 Å². The van der Waals surface area contributed by atoms with Crippen LogP contribution in [-0.4, -0.2) is 4.57 Å². The number of pyridine rings is 1. The molecule has 0 saturated heterocycles. The Morgan fingerprint density at radius 3 is 2.72 bits per heavy atom. The minimum atomic E-state index is -0.102.